The number of halogens is 1. The van der Waals surface area contributed by atoms with Crippen molar-refractivity contribution in [2.45, 2.75) is 20.5 Å². The summed E-state index contributed by atoms with van der Waals surface area (Å²) in [4.78, 5) is 17.0. The number of hydrogen-bond acceptors (Lipinski definition) is 5. The molecule has 0 aliphatic rings. The van der Waals surface area contributed by atoms with Gasteiger partial charge in [0.05, 0.1) is 5.56 Å². The lowest BCUT2D eigenvalue weighted by molar-refractivity contribution is 0.102. The molecule has 31 heavy (non-hydrogen) atoms. The number of para-hydroxylation sites is 1. The van der Waals surface area contributed by atoms with Crippen LogP contribution in [-0.2, 0) is 6.61 Å². The SMILES string of the molecule is Cc1ccc(-c2noc(COc3ccccc3C(=O)Nc3ccc(C)c(F)c3)n2)cc1. The predicted molar refractivity (Wildman–Crippen MR) is 114 cm³/mol. The minimum atomic E-state index is -0.412. The topological polar surface area (TPSA) is 77.2 Å². The number of nitrogens with zero attached hydrogens (tertiary/aromatic N) is 2. The summed E-state index contributed by atoms with van der Waals surface area (Å²) < 4.78 is 24.8. The van der Waals surface area contributed by atoms with E-state index in [2.05, 4.69) is 15.5 Å². The van der Waals surface area contributed by atoms with Gasteiger partial charge in [0, 0.05) is 11.3 Å². The van der Waals surface area contributed by atoms with Crippen LogP contribution in [0.25, 0.3) is 11.4 Å². The third kappa shape index (κ3) is 4.78. The number of carbonyl (C=O) groups is 1. The molecule has 0 saturated carbocycles. The minimum absolute atomic E-state index is 0.00230. The van der Waals surface area contributed by atoms with Crippen molar-refractivity contribution in [3.63, 3.8) is 0 Å². The fourth-order valence-electron chi connectivity index (χ4n) is 2.92. The van der Waals surface area contributed by atoms with Gasteiger partial charge in [0.25, 0.3) is 11.8 Å². The smallest absolute Gasteiger partial charge is 0.264 e. The van der Waals surface area contributed by atoms with E-state index in [4.69, 9.17) is 9.26 Å². The Morgan fingerprint density at radius 3 is 2.61 bits per heavy atom. The van der Waals surface area contributed by atoms with Crippen LogP contribution < -0.4 is 10.1 Å². The van der Waals surface area contributed by atoms with Crippen LogP contribution in [-0.4, -0.2) is 16.0 Å². The van der Waals surface area contributed by atoms with E-state index in [0.717, 1.165) is 11.1 Å². The molecule has 0 spiro atoms. The first-order chi connectivity index (χ1) is 15.0. The highest BCUT2D eigenvalue weighted by Crippen LogP contribution is 2.22. The third-order valence-corrected chi connectivity index (χ3v) is 4.69. The molecule has 1 N–H and O–H groups in total. The van der Waals surface area contributed by atoms with Gasteiger partial charge in [-0.1, -0.05) is 53.2 Å². The average Bonchev–Trinajstić information content (AvgIpc) is 3.24. The molecule has 0 aliphatic heterocycles. The molecule has 1 amide bonds. The first-order valence-electron chi connectivity index (χ1n) is 9.68. The van der Waals surface area contributed by atoms with Crippen molar-refractivity contribution in [2.24, 2.45) is 0 Å². The van der Waals surface area contributed by atoms with Crippen LogP contribution in [0.4, 0.5) is 10.1 Å². The van der Waals surface area contributed by atoms with Gasteiger partial charge < -0.3 is 14.6 Å². The summed E-state index contributed by atoms with van der Waals surface area (Å²) in [7, 11) is 0. The molecule has 0 fully saturated rings. The van der Waals surface area contributed by atoms with Crippen LogP contribution in [0.3, 0.4) is 0 Å². The van der Waals surface area contributed by atoms with Crippen molar-refractivity contribution in [1.29, 1.82) is 0 Å². The molecule has 0 aliphatic carbocycles. The van der Waals surface area contributed by atoms with Gasteiger partial charge in [0.1, 0.15) is 11.6 Å². The lowest BCUT2D eigenvalue weighted by atomic mass is 10.1. The van der Waals surface area contributed by atoms with Crippen LogP contribution in [0, 0.1) is 19.7 Å². The summed E-state index contributed by atoms with van der Waals surface area (Å²) in [6, 6.07) is 19.1. The van der Waals surface area contributed by atoms with Gasteiger partial charge in [-0.15, -0.1) is 0 Å². The van der Waals surface area contributed by atoms with E-state index in [9.17, 15) is 9.18 Å². The van der Waals surface area contributed by atoms with Crippen LogP contribution >= 0.6 is 0 Å². The number of aryl methyl sites for hydroxylation is 2. The second-order valence-corrected chi connectivity index (χ2v) is 7.08. The molecule has 156 valence electrons. The van der Waals surface area contributed by atoms with Gasteiger partial charge in [0.15, 0.2) is 6.61 Å². The van der Waals surface area contributed by atoms with E-state index < -0.39 is 5.91 Å². The van der Waals surface area contributed by atoms with Crippen molar-refractivity contribution in [1.82, 2.24) is 10.1 Å². The van der Waals surface area contributed by atoms with Crippen LogP contribution in [0.2, 0.25) is 0 Å². The second-order valence-electron chi connectivity index (χ2n) is 7.08. The van der Waals surface area contributed by atoms with E-state index >= 15 is 0 Å². The highest BCUT2D eigenvalue weighted by Gasteiger charge is 2.15. The first kappa shape index (κ1) is 20.3. The molecule has 6 nitrogen and oxygen atoms in total. The number of anilines is 1. The molecule has 0 atom stereocenters. The van der Waals surface area contributed by atoms with Gasteiger partial charge in [-0.2, -0.15) is 4.98 Å². The summed E-state index contributed by atoms with van der Waals surface area (Å²) in [6.45, 7) is 3.66. The van der Waals surface area contributed by atoms with Crippen molar-refractivity contribution in [2.75, 3.05) is 5.32 Å². The highest BCUT2D eigenvalue weighted by atomic mass is 19.1. The van der Waals surface area contributed by atoms with Crippen LogP contribution in [0.15, 0.2) is 71.3 Å². The Bertz CT molecular complexity index is 1220. The number of carbonyl (C=O) groups excluding carboxylic acids is 1. The molecule has 4 rings (SSSR count). The standard InChI is InChI=1S/C24H20FN3O3/c1-15-7-10-17(11-8-15)23-27-22(31-28-23)14-30-21-6-4-3-5-19(21)24(29)26-18-12-9-16(2)20(25)13-18/h3-13H,14H2,1-2H3,(H,26,29). The molecular weight excluding hydrogens is 397 g/mol. The molecule has 0 saturated heterocycles. The van der Waals surface area contributed by atoms with E-state index in [1.54, 1.807) is 43.3 Å². The van der Waals surface area contributed by atoms with E-state index in [-0.39, 0.29) is 18.3 Å². The molecule has 7 heteroatoms. The summed E-state index contributed by atoms with van der Waals surface area (Å²) >= 11 is 0. The number of aromatic nitrogens is 2. The predicted octanol–water partition coefficient (Wildman–Crippen LogP) is 5.32. The maximum atomic E-state index is 13.8. The minimum Gasteiger partial charge on any atom is -0.483 e. The maximum absolute atomic E-state index is 13.8. The van der Waals surface area contributed by atoms with E-state index in [1.165, 1.54) is 6.07 Å². The Labute approximate surface area is 178 Å². The normalized spacial score (nSPS) is 10.7. The quantitative estimate of drug-likeness (QED) is 0.459. The molecule has 0 unspecified atom stereocenters. The number of nitrogens with one attached hydrogen (secondary N) is 1. The van der Waals surface area contributed by atoms with Crippen molar-refractivity contribution in [3.8, 4) is 17.1 Å². The Hall–Kier alpha value is -4.00. The number of benzene rings is 3. The van der Waals surface area contributed by atoms with Gasteiger partial charge >= 0.3 is 0 Å². The first-order valence-corrected chi connectivity index (χ1v) is 9.68. The van der Waals surface area contributed by atoms with Crippen molar-refractivity contribution in [3.05, 3.63) is 95.1 Å². The summed E-state index contributed by atoms with van der Waals surface area (Å²) in [5.41, 5.74) is 3.15. The number of amides is 1. The lowest BCUT2D eigenvalue weighted by Gasteiger charge is -2.11. The molecule has 1 aromatic heterocycles. The molecule has 0 radical (unpaired) electrons. The Balaban J connectivity index is 1.46. The average molecular weight is 417 g/mol. The summed E-state index contributed by atoms with van der Waals surface area (Å²) in [6.07, 6.45) is 0. The lowest BCUT2D eigenvalue weighted by Crippen LogP contribution is -2.14. The molecule has 4 aromatic rings. The van der Waals surface area contributed by atoms with Crippen LogP contribution in [0.5, 0.6) is 5.75 Å². The van der Waals surface area contributed by atoms with Gasteiger partial charge in [-0.25, -0.2) is 4.39 Å². The fourth-order valence-corrected chi connectivity index (χ4v) is 2.92. The van der Waals surface area contributed by atoms with Gasteiger partial charge in [0.2, 0.25) is 5.82 Å². The maximum Gasteiger partial charge on any atom is 0.264 e. The van der Waals surface area contributed by atoms with Gasteiger partial charge in [-0.05, 0) is 43.7 Å². The van der Waals surface area contributed by atoms with Crippen molar-refractivity contribution >= 4 is 11.6 Å². The monoisotopic (exact) mass is 417 g/mol. The highest BCUT2D eigenvalue weighted by molar-refractivity contribution is 6.06. The third-order valence-electron chi connectivity index (χ3n) is 4.69. The Kier molecular flexibility index (Phi) is 5.75. The van der Waals surface area contributed by atoms with E-state index in [0.29, 0.717) is 28.4 Å². The fraction of sp³-hybridized carbons (Fsp3) is 0.125. The Morgan fingerprint density at radius 1 is 1.06 bits per heavy atom. The largest absolute Gasteiger partial charge is 0.483 e. The number of hydrogen-bond donors (Lipinski definition) is 1. The zero-order valence-corrected chi connectivity index (χ0v) is 17.1. The zero-order chi connectivity index (χ0) is 21.8. The summed E-state index contributed by atoms with van der Waals surface area (Å²) in [5.74, 6) is 0.299. The molecule has 3 aromatic carbocycles. The van der Waals surface area contributed by atoms with Crippen LogP contribution in [0.1, 0.15) is 27.4 Å². The second kappa shape index (κ2) is 8.79. The van der Waals surface area contributed by atoms with Crippen molar-refractivity contribution < 1.29 is 18.4 Å². The van der Waals surface area contributed by atoms with Gasteiger partial charge in [-0.3, -0.25) is 4.79 Å². The molecular formula is C24H20FN3O3. The Morgan fingerprint density at radius 2 is 1.84 bits per heavy atom. The molecule has 1 heterocycles. The summed E-state index contributed by atoms with van der Waals surface area (Å²) in [5, 5.41) is 6.66. The zero-order valence-electron chi connectivity index (χ0n) is 17.1. The van der Waals surface area contributed by atoms with E-state index in [1.807, 2.05) is 31.2 Å². The number of ether oxygens (including phenoxy) is 1. The molecule has 0 bridgehead atoms. The number of rotatable bonds is 6.